The fraction of sp³-hybridized carbons (Fsp3) is 0.364. The summed E-state index contributed by atoms with van der Waals surface area (Å²) < 4.78 is 6.54. The molecule has 0 saturated heterocycles. The van der Waals surface area contributed by atoms with Crippen molar-refractivity contribution in [3.8, 4) is 5.75 Å². The lowest BCUT2D eigenvalue weighted by atomic mass is 10.3. The molecule has 17 heavy (non-hydrogen) atoms. The summed E-state index contributed by atoms with van der Waals surface area (Å²) in [6, 6.07) is 7.66. The Morgan fingerprint density at radius 3 is 3.00 bits per heavy atom. The molecule has 0 aliphatic rings. The van der Waals surface area contributed by atoms with Crippen LogP contribution in [0, 0.1) is 0 Å². The van der Waals surface area contributed by atoms with Gasteiger partial charge in [-0.2, -0.15) is 0 Å². The van der Waals surface area contributed by atoms with Gasteiger partial charge in [-0.3, -0.25) is 4.90 Å². The third kappa shape index (κ3) is 5.55. The first kappa shape index (κ1) is 13.8. The Bertz CT molecular complexity index is 385. The van der Waals surface area contributed by atoms with E-state index in [4.69, 9.17) is 15.7 Å². The third-order valence-corrected chi connectivity index (χ3v) is 2.59. The fourth-order valence-corrected chi connectivity index (χ4v) is 1.64. The smallest absolute Gasteiger partial charge is 0.153 e. The molecular formula is C11H16BrN3O2. The molecule has 3 N–H and O–H groups in total. The number of likely N-dealkylation sites (N-methyl/N-ethyl adjacent to an activating group) is 1. The van der Waals surface area contributed by atoms with Crippen LogP contribution in [0.4, 0.5) is 0 Å². The van der Waals surface area contributed by atoms with Crippen LogP contribution < -0.4 is 10.5 Å². The molecule has 0 aliphatic carbocycles. The maximum atomic E-state index is 8.42. The minimum atomic E-state index is 0.190. The molecule has 1 rings (SSSR count). The predicted molar refractivity (Wildman–Crippen MR) is 70.5 cm³/mol. The second-order valence-corrected chi connectivity index (χ2v) is 4.55. The Kier molecular flexibility index (Phi) is 5.79. The molecule has 1 aromatic carbocycles. The van der Waals surface area contributed by atoms with Crippen molar-refractivity contribution in [1.82, 2.24) is 4.90 Å². The molecule has 0 heterocycles. The van der Waals surface area contributed by atoms with Crippen molar-refractivity contribution >= 4 is 21.8 Å². The van der Waals surface area contributed by atoms with Crippen molar-refractivity contribution in [2.45, 2.75) is 0 Å². The van der Waals surface area contributed by atoms with Crippen LogP contribution in [0.15, 0.2) is 33.9 Å². The van der Waals surface area contributed by atoms with E-state index in [9.17, 15) is 0 Å². The lowest BCUT2D eigenvalue weighted by Gasteiger charge is -2.15. The van der Waals surface area contributed by atoms with Gasteiger partial charge in [0.25, 0.3) is 0 Å². The lowest BCUT2D eigenvalue weighted by molar-refractivity contribution is 0.249. The first-order valence-corrected chi connectivity index (χ1v) is 5.94. The molecular weight excluding hydrogens is 286 g/mol. The van der Waals surface area contributed by atoms with Crippen molar-refractivity contribution in [1.29, 1.82) is 0 Å². The second kappa shape index (κ2) is 7.13. The Hall–Kier alpha value is -1.27. The van der Waals surface area contributed by atoms with E-state index in [2.05, 4.69) is 21.1 Å². The van der Waals surface area contributed by atoms with Gasteiger partial charge in [-0.15, -0.1) is 0 Å². The number of amidine groups is 1. The van der Waals surface area contributed by atoms with Crippen molar-refractivity contribution in [2.24, 2.45) is 10.9 Å². The molecule has 0 spiro atoms. The van der Waals surface area contributed by atoms with Crippen LogP contribution in [-0.4, -0.2) is 42.7 Å². The highest BCUT2D eigenvalue weighted by Gasteiger charge is 2.02. The number of halogens is 1. The van der Waals surface area contributed by atoms with E-state index in [-0.39, 0.29) is 5.84 Å². The minimum Gasteiger partial charge on any atom is -0.492 e. The van der Waals surface area contributed by atoms with Gasteiger partial charge in [0.2, 0.25) is 0 Å². The Morgan fingerprint density at radius 2 is 2.35 bits per heavy atom. The zero-order chi connectivity index (χ0) is 12.7. The van der Waals surface area contributed by atoms with Gasteiger partial charge in [-0.05, 0) is 25.2 Å². The molecule has 0 atom stereocenters. The summed E-state index contributed by atoms with van der Waals surface area (Å²) in [5.41, 5.74) is 5.39. The second-order valence-electron chi connectivity index (χ2n) is 3.63. The van der Waals surface area contributed by atoms with Crippen LogP contribution in [0.25, 0.3) is 0 Å². The summed E-state index contributed by atoms with van der Waals surface area (Å²) in [7, 11) is 1.88. The minimum absolute atomic E-state index is 0.190. The van der Waals surface area contributed by atoms with Gasteiger partial charge in [0.15, 0.2) is 5.84 Å². The Morgan fingerprint density at radius 1 is 1.59 bits per heavy atom. The summed E-state index contributed by atoms with van der Waals surface area (Å²) >= 11 is 3.37. The predicted octanol–water partition coefficient (Wildman–Crippen LogP) is 1.51. The van der Waals surface area contributed by atoms with Crippen LogP contribution >= 0.6 is 15.9 Å². The highest BCUT2D eigenvalue weighted by Crippen LogP contribution is 2.17. The number of ether oxygens (including phenoxy) is 1. The summed E-state index contributed by atoms with van der Waals surface area (Å²) in [6.07, 6.45) is 0. The quantitative estimate of drug-likeness (QED) is 0.362. The molecule has 0 aliphatic heterocycles. The molecule has 6 heteroatoms. The molecule has 0 bridgehead atoms. The zero-order valence-electron chi connectivity index (χ0n) is 9.64. The number of nitrogens with zero attached hydrogens (tertiary/aromatic N) is 2. The lowest BCUT2D eigenvalue weighted by Crippen LogP contribution is -2.33. The van der Waals surface area contributed by atoms with Gasteiger partial charge in [0.05, 0.1) is 6.54 Å². The average Bonchev–Trinajstić information content (AvgIpc) is 2.29. The Balaban J connectivity index is 2.28. The largest absolute Gasteiger partial charge is 0.492 e. The molecule has 0 amide bonds. The SMILES string of the molecule is CN(CCOc1cccc(Br)c1)CC(N)=NO. The molecule has 5 nitrogen and oxygen atoms in total. The van der Waals surface area contributed by atoms with E-state index < -0.39 is 0 Å². The number of rotatable bonds is 6. The van der Waals surface area contributed by atoms with E-state index in [0.717, 1.165) is 10.2 Å². The van der Waals surface area contributed by atoms with Crippen molar-refractivity contribution < 1.29 is 9.94 Å². The summed E-state index contributed by atoms with van der Waals surface area (Å²) in [6.45, 7) is 1.66. The number of nitrogens with two attached hydrogens (primary N) is 1. The number of oxime groups is 1. The van der Waals surface area contributed by atoms with Gasteiger partial charge in [-0.25, -0.2) is 0 Å². The Labute approximate surface area is 109 Å². The average molecular weight is 302 g/mol. The van der Waals surface area contributed by atoms with Crippen LogP contribution in [0.5, 0.6) is 5.75 Å². The van der Waals surface area contributed by atoms with Gasteiger partial charge >= 0.3 is 0 Å². The molecule has 0 unspecified atom stereocenters. The molecule has 94 valence electrons. The normalized spacial score (nSPS) is 11.8. The standard InChI is InChI=1S/C11H16BrN3O2/c1-15(8-11(13)14-16)5-6-17-10-4-2-3-9(12)7-10/h2-4,7,16H,5-6,8H2,1H3,(H2,13,14). The summed E-state index contributed by atoms with van der Waals surface area (Å²) in [5.74, 6) is 1.01. The van der Waals surface area contributed by atoms with E-state index in [1.165, 1.54) is 0 Å². The first-order chi connectivity index (χ1) is 8.11. The molecule has 0 aromatic heterocycles. The third-order valence-electron chi connectivity index (χ3n) is 2.10. The first-order valence-electron chi connectivity index (χ1n) is 5.15. The number of benzene rings is 1. The van der Waals surface area contributed by atoms with Crippen LogP contribution in [0.3, 0.4) is 0 Å². The molecule has 1 aromatic rings. The number of hydrogen-bond acceptors (Lipinski definition) is 4. The van der Waals surface area contributed by atoms with E-state index >= 15 is 0 Å². The highest BCUT2D eigenvalue weighted by molar-refractivity contribution is 9.10. The van der Waals surface area contributed by atoms with E-state index in [0.29, 0.717) is 19.7 Å². The van der Waals surface area contributed by atoms with E-state index in [1.807, 2.05) is 36.2 Å². The van der Waals surface area contributed by atoms with Gasteiger partial charge in [0.1, 0.15) is 12.4 Å². The molecule has 0 radical (unpaired) electrons. The molecule has 0 saturated carbocycles. The van der Waals surface area contributed by atoms with Crippen LogP contribution in [0.2, 0.25) is 0 Å². The van der Waals surface area contributed by atoms with E-state index in [1.54, 1.807) is 0 Å². The van der Waals surface area contributed by atoms with Crippen LogP contribution in [0.1, 0.15) is 0 Å². The van der Waals surface area contributed by atoms with Crippen LogP contribution in [-0.2, 0) is 0 Å². The summed E-state index contributed by atoms with van der Waals surface area (Å²) in [5, 5.41) is 11.3. The highest BCUT2D eigenvalue weighted by atomic mass is 79.9. The van der Waals surface area contributed by atoms with Crippen molar-refractivity contribution in [2.75, 3.05) is 26.7 Å². The van der Waals surface area contributed by atoms with Gasteiger partial charge in [0, 0.05) is 11.0 Å². The fourth-order valence-electron chi connectivity index (χ4n) is 1.26. The van der Waals surface area contributed by atoms with Crippen molar-refractivity contribution in [3.63, 3.8) is 0 Å². The zero-order valence-corrected chi connectivity index (χ0v) is 11.2. The maximum absolute atomic E-state index is 8.42. The summed E-state index contributed by atoms with van der Waals surface area (Å²) in [4.78, 5) is 1.91. The van der Waals surface area contributed by atoms with Gasteiger partial charge in [-0.1, -0.05) is 27.2 Å². The number of hydrogen-bond donors (Lipinski definition) is 2. The molecule has 0 fully saturated rings. The monoisotopic (exact) mass is 301 g/mol. The topological polar surface area (TPSA) is 71.1 Å². The maximum Gasteiger partial charge on any atom is 0.153 e. The van der Waals surface area contributed by atoms with Crippen molar-refractivity contribution in [3.05, 3.63) is 28.7 Å². The van der Waals surface area contributed by atoms with Gasteiger partial charge < -0.3 is 15.7 Å².